The minimum atomic E-state index is -2.00. The second kappa shape index (κ2) is 8.46. The van der Waals surface area contributed by atoms with Gasteiger partial charge in [-0.1, -0.05) is 19.1 Å². The lowest BCUT2D eigenvalue weighted by molar-refractivity contribution is 0.0435. The number of hydrogen-bond acceptors (Lipinski definition) is 4. The summed E-state index contributed by atoms with van der Waals surface area (Å²) in [5, 5.41) is 0. The SMILES string of the molecule is CCCOC(=O)c1ccccc1C(=O)OCc1cc(F)c(F)c(F)c1F. The molecule has 4 nitrogen and oxygen atoms in total. The van der Waals surface area contributed by atoms with E-state index in [0.29, 0.717) is 12.5 Å². The minimum absolute atomic E-state index is 0.0668. The Labute approximate surface area is 146 Å². The summed E-state index contributed by atoms with van der Waals surface area (Å²) in [6.45, 7) is 1.10. The highest BCUT2D eigenvalue weighted by Crippen LogP contribution is 2.20. The van der Waals surface area contributed by atoms with Crippen molar-refractivity contribution in [2.24, 2.45) is 0 Å². The maximum atomic E-state index is 13.6. The molecule has 2 aromatic rings. The molecule has 2 rings (SSSR count). The van der Waals surface area contributed by atoms with Crippen LogP contribution in [0.25, 0.3) is 0 Å². The first-order chi connectivity index (χ1) is 12.4. The summed E-state index contributed by atoms with van der Waals surface area (Å²) in [4.78, 5) is 24.1. The van der Waals surface area contributed by atoms with Gasteiger partial charge in [0.25, 0.3) is 0 Å². The number of rotatable bonds is 6. The zero-order valence-corrected chi connectivity index (χ0v) is 13.7. The molecule has 0 atom stereocenters. The highest BCUT2D eigenvalue weighted by atomic mass is 19.2. The van der Waals surface area contributed by atoms with E-state index >= 15 is 0 Å². The van der Waals surface area contributed by atoms with Crippen molar-refractivity contribution >= 4 is 11.9 Å². The largest absolute Gasteiger partial charge is 0.462 e. The van der Waals surface area contributed by atoms with E-state index in [9.17, 15) is 27.2 Å². The molecular formula is C18H14F4O4. The summed E-state index contributed by atoms with van der Waals surface area (Å²) < 4.78 is 62.6. The Kier molecular flexibility index (Phi) is 6.32. The molecular weight excluding hydrogens is 356 g/mol. The third kappa shape index (κ3) is 4.19. The van der Waals surface area contributed by atoms with Gasteiger partial charge in [-0.2, -0.15) is 0 Å². The van der Waals surface area contributed by atoms with Crippen LogP contribution in [0.15, 0.2) is 30.3 Å². The zero-order chi connectivity index (χ0) is 19.3. The van der Waals surface area contributed by atoms with Gasteiger partial charge in [-0.15, -0.1) is 0 Å². The summed E-state index contributed by atoms with van der Waals surface area (Å²) in [5.41, 5.74) is -0.902. The molecule has 26 heavy (non-hydrogen) atoms. The van der Waals surface area contributed by atoms with Crippen molar-refractivity contribution in [1.82, 2.24) is 0 Å². The van der Waals surface area contributed by atoms with Gasteiger partial charge < -0.3 is 9.47 Å². The van der Waals surface area contributed by atoms with Crippen LogP contribution in [-0.4, -0.2) is 18.5 Å². The number of benzene rings is 2. The molecule has 0 aliphatic carbocycles. The Bertz CT molecular complexity index is 836. The predicted octanol–water partition coefficient (Wildman–Crippen LogP) is 4.17. The molecule has 0 N–H and O–H groups in total. The first-order valence-electron chi connectivity index (χ1n) is 7.62. The Balaban J connectivity index is 2.18. The van der Waals surface area contributed by atoms with Crippen molar-refractivity contribution in [3.05, 3.63) is 70.3 Å². The number of carbonyl (C=O) groups excluding carboxylic acids is 2. The lowest BCUT2D eigenvalue weighted by Gasteiger charge is -2.10. The molecule has 0 aliphatic rings. The topological polar surface area (TPSA) is 52.6 Å². The third-order valence-corrected chi connectivity index (χ3v) is 3.34. The summed E-state index contributed by atoms with van der Waals surface area (Å²) in [6, 6.07) is 5.98. The van der Waals surface area contributed by atoms with Crippen molar-refractivity contribution < 1.29 is 36.6 Å². The molecule has 0 spiro atoms. The van der Waals surface area contributed by atoms with Crippen LogP contribution in [0.4, 0.5) is 17.6 Å². The quantitative estimate of drug-likeness (QED) is 0.332. The van der Waals surface area contributed by atoms with Crippen LogP contribution in [0.5, 0.6) is 0 Å². The van der Waals surface area contributed by atoms with Gasteiger partial charge in [0.05, 0.1) is 17.7 Å². The van der Waals surface area contributed by atoms with E-state index in [1.165, 1.54) is 24.3 Å². The fourth-order valence-electron chi connectivity index (χ4n) is 2.06. The molecule has 0 radical (unpaired) electrons. The van der Waals surface area contributed by atoms with E-state index in [4.69, 9.17) is 9.47 Å². The Morgan fingerprint density at radius 3 is 2.04 bits per heavy atom. The van der Waals surface area contributed by atoms with Crippen LogP contribution in [0.2, 0.25) is 0 Å². The highest BCUT2D eigenvalue weighted by Gasteiger charge is 2.22. The zero-order valence-electron chi connectivity index (χ0n) is 13.7. The third-order valence-electron chi connectivity index (χ3n) is 3.34. The standard InChI is InChI=1S/C18H14F4O4/c1-2-7-25-17(23)11-5-3-4-6-12(11)18(24)26-9-10-8-13(19)15(21)16(22)14(10)20/h3-6,8H,2,7,9H2,1H3. The smallest absolute Gasteiger partial charge is 0.339 e. The Hall–Kier alpha value is -2.90. The predicted molar refractivity (Wildman–Crippen MR) is 82.4 cm³/mol. The fraction of sp³-hybridized carbons (Fsp3) is 0.222. The Morgan fingerprint density at radius 2 is 1.46 bits per heavy atom. The molecule has 0 aromatic heterocycles. The van der Waals surface area contributed by atoms with Gasteiger partial charge in [-0.05, 0) is 24.6 Å². The van der Waals surface area contributed by atoms with E-state index in [1.807, 2.05) is 0 Å². The second-order valence-electron chi connectivity index (χ2n) is 5.22. The lowest BCUT2D eigenvalue weighted by Crippen LogP contribution is -2.15. The van der Waals surface area contributed by atoms with Crippen LogP contribution in [0.3, 0.4) is 0 Å². The molecule has 0 bridgehead atoms. The van der Waals surface area contributed by atoms with Gasteiger partial charge >= 0.3 is 11.9 Å². The molecule has 2 aromatic carbocycles. The first kappa shape index (κ1) is 19.4. The fourth-order valence-corrected chi connectivity index (χ4v) is 2.06. The number of esters is 2. The van der Waals surface area contributed by atoms with Crippen molar-refractivity contribution in [2.75, 3.05) is 6.61 Å². The van der Waals surface area contributed by atoms with E-state index in [2.05, 4.69) is 0 Å². The normalized spacial score (nSPS) is 10.5. The maximum Gasteiger partial charge on any atom is 0.339 e. The van der Waals surface area contributed by atoms with Crippen LogP contribution >= 0.6 is 0 Å². The molecule has 0 aliphatic heterocycles. The van der Waals surface area contributed by atoms with Gasteiger partial charge in [0, 0.05) is 5.56 Å². The summed E-state index contributed by atoms with van der Waals surface area (Å²) in [6.07, 6.45) is 0.583. The highest BCUT2D eigenvalue weighted by molar-refractivity contribution is 6.03. The van der Waals surface area contributed by atoms with Crippen LogP contribution < -0.4 is 0 Å². The van der Waals surface area contributed by atoms with E-state index in [-0.39, 0.29) is 17.7 Å². The van der Waals surface area contributed by atoms with E-state index in [0.717, 1.165) is 0 Å². The van der Waals surface area contributed by atoms with Crippen LogP contribution in [0.1, 0.15) is 39.6 Å². The van der Waals surface area contributed by atoms with Gasteiger partial charge in [-0.3, -0.25) is 0 Å². The molecule has 0 saturated carbocycles. The van der Waals surface area contributed by atoms with Crippen molar-refractivity contribution in [3.8, 4) is 0 Å². The van der Waals surface area contributed by atoms with Crippen molar-refractivity contribution in [2.45, 2.75) is 20.0 Å². The van der Waals surface area contributed by atoms with Gasteiger partial charge in [-0.25, -0.2) is 27.2 Å². The maximum absolute atomic E-state index is 13.6. The summed E-state index contributed by atoms with van der Waals surface area (Å²) >= 11 is 0. The molecule has 0 unspecified atom stereocenters. The van der Waals surface area contributed by atoms with Crippen molar-refractivity contribution in [3.63, 3.8) is 0 Å². The number of hydrogen-bond donors (Lipinski definition) is 0. The van der Waals surface area contributed by atoms with Gasteiger partial charge in [0.1, 0.15) is 6.61 Å². The first-order valence-corrected chi connectivity index (χ1v) is 7.62. The van der Waals surface area contributed by atoms with Gasteiger partial charge in [0.2, 0.25) is 0 Å². The van der Waals surface area contributed by atoms with E-state index < -0.39 is 47.4 Å². The van der Waals surface area contributed by atoms with Crippen LogP contribution in [0, 0.1) is 23.3 Å². The average Bonchev–Trinajstić information content (AvgIpc) is 2.65. The minimum Gasteiger partial charge on any atom is -0.462 e. The number of carbonyl (C=O) groups is 2. The Morgan fingerprint density at radius 1 is 0.885 bits per heavy atom. The van der Waals surface area contributed by atoms with Crippen LogP contribution in [-0.2, 0) is 16.1 Å². The monoisotopic (exact) mass is 370 g/mol. The molecule has 8 heteroatoms. The lowest BCUT2D eigenvalue weighted by atomic mass is 10.1. The molecule has 0 heterocycles. The van der Waals surface area contributed by atoms with Crippen molar-refractivity contribution in [1.29, 1.82) is 0 Å². The van der Waals surface area contributed by atoms with E-state index in [1.54, 1.807) is 6.92 Å². The molecule has 138 valence electrons. The molecule has 0 amide bonds. The number of halogens is 4. The number of ether oxygens (including phenoxy) is 2. The van der Waals surface area contributed by atoms with Gasteiger partial charge in [0.15, 0.2) is 23.3 Å². The summed E-state index contributed by atoms with van der Waals surface area (Å²) in [5.74, 6) is -9.00. The second-order valence-corrected chi connectivity index (χ2v) is 5.22. The molecule has 0 saturated heterocycles. The average molecular weight is 370 g/mol. The summed E-state index contributed by atoms with van der Waals surface area (Å²) in [7, 11) is 0. The molecule has 0 fully saturated rings.